The van der Waals surface area contributed by atoms with Crippen LogP contribution in [0, 0.1) is 0 Å². The van der Waals surface area contributed by atoms with E-state index in [0.717, 1.165) is 23.9 Å². The van der Waals surface area contributed by atoms with Crippen LogP contribution in [0.15, 0.2) is 14.8 Å². The van der Waals surface area contributed by atoms with Crippen molar-refractivity contribution in [2.24, 2.45) is 14.8 Å². The zero-order valence-electron chi connectivity index (χ0n) is 11.6. The maximum atomic E-state index is 5.80. The monoisotopic (exact) mass is 323 g/mol. The zero-order valence-corrected chi connectivity index (χ0v) is 14.3. The van der Waals surface area contributed by atoms with Crippen molar-refractivity contribution in [3.05, 3.63) is 0 Å². The molecule has 0 atom stereocenters. The zero-order chi connectivity index (χ0) is 14.0. The third kappa shape index (κ3) is 6.37. The normalized spacial score (nSPS) is 15.6. The van der Waals surface area contributed by atoms with Gasteiger partial charge >= 0.3 is 8.80 Å². The maximum Gasteiger partial charge on any atom is 0.500 e. The number of rotatable bonds is 10. The van der Waals surface area contributed by atoms with Crippen LogP contribution in [0.25, 0.3) is 0 Å². The fourth-order valence-electron chi connectivity index (χ4n) is 1.71. The van der Waals surface area contributed by atoms with Crippen molar-refractivity contribution in [2.45, 2.75) is 39.7 Å². The molecular weight excluding hydrogens is 302 g/mol. The van der Waals surface area contributed by atoms with Gasteiger partial charge in [-0.3, -0.25) is 0 Å². The lowest BCUT2D eigenvalue weighted by Crippen LogP contribution is -2.45. The van der Waals surface area contributed by atoms with Crippen molar-refractivity contribution in [1.29, 1.82) is 0 Å². The van der Waals surface area contributed by atoms with E-state index in [1.807, 2.05) is 20.8 Å². The van der Waals surface area contributed by atoms with E-state index in [9.17, 15) is 0 Å². The Bertz CT molecular complexity index is 301. The van der Waals surface area contributed by atoms with E-state index in [1.165, 1.54) is 11.0 Å². The first-order valence-corrected chi connectivity index (χ1v) is 10.5. The van der Waals surface area contributed by atoms with Crippen molar-refractivity contribution in [3.63, 3.8) is 0 Å². The van der Waals surface area contributed by atoms with Crippen LogP contribution in [-0.2, 0) is 13.3 Å². The summed E-state index contributed by atoms with van der Waals surface area (Å²) in [4.78, 5) is 0. The summed E-state index contributed by atoms with van der Waals surface area (Å²) < 4.78 is 21.1. The van der Waals surface area contributed by atoms with Crippen LogP contribution in [-0.4, -0.2) is 33.7 Å². The van der Waals surface area contributed by atoms with Gasteiger partial charge in [-0.05, 0) is 49.6 Å². The molecule has 0 aromatic heterocycles. The summed E-state index contributed by atoms with van der Waals surface area (Å²) in [6, 6.07) is 0.809. The van der Waals surface area contributed by atoms with Gasteiger partial charge in [-0.15, -0.1) is 5.10 Å². The average molecular weight is 324 g/mol. The van der Waals surface area contributed by atoms with Gasteiger partial charge in [-0.1, -0.05) is 4.52 Å². The maximum absolute atomic E-state index is 5.80. The molecule has 0 unspecified atom stereocenters. The van der Waals surface area contributed by atoms with Gasteiger partial charge in [0.25, 0.3) is 0 Å². The average Bonchev–Trinajstić information content (AvgIpc) is 2.41. The molecule has 0 aliphatic carbocycles. The number of hydrogen-bond donors (Lipinski definition) is 0. The Kier molecular flexibility index (Phi) is 8.91. The summed E-state index contributed by atoms with van der Waals surface area (Å²) in [6.07, 6.45) is 1.78. The minimum Gasteiger partial charge on any atom is -0.374 e. The molecular formula is C10H21N3O3S2Si. The first-order chi connectivity index (χ1) is 9.26. The highest BCUT2D eigenvalue weighted by molar-refractivity contribution is 8.81. The van der Waals surface area contributed by atoms with Gasteiger partial charge in [0.05, 0.1) is 11.0 Å². The molecule has 0 aromatic rings. The molecule has 0 amide bonds. The van der Waals surface area contributed by atoms with E-state index in [1.54, 1.807) is 10.8 Å². The molecule has 0 saturated heterocycles. The predicted molar refractivity (Wildman–Crippen MR) is 82.1 cm³/mol. The van der Waals surface area contributed by atoms with Gasteiger partial charge in [0.2, 0.25) is 0 Å². The molecule has 110 valence electrons. The molecule has 9 heteroatoms. The molecule has 0 spiro atoms. The minimum absolute atomic E-state index is 0.617. The Morgan fingerprint density at radius 2 is 1.68 bits per heavy atom. The standard InChI is InChI=1S/C10H21N3O3S2Si/c1-4-14-19(15-5-2,16-6-3)9-7-8-10-11-12-13-18-17-10/h4-9H2,1-3H3. The second-order valence-electron chi connectivity index (χ2n) is 3.66. The van der Waals surface area contributed by atoms with Crippen LogP contribution in [0.5, 0.6) is 0 Å². The molecule has 0 radical (unpaired) electrons. The lowest BCUT2D eigenvalue weighted by atomic mass is 10.4. The lowest BCUT2D eigenvalue weighted by molar-refractivity contribution is 0.0710. The third-order valence-electron chi connectivity index (χ3n) is 2.33. The van der Waals surface area contributed by atoms with Gasteiger partial charge in [-0.25, -0.2) is 0 Å². The second kappa shape index (κ2) is 9.89. The Labute approximate surface area is 123 Å². The molecule has 6 nitrogen and oxygen atoms in total. The molecule has 1 aliphatic heterocycles. The fourth-order valence-corrected chi connectivity index (χ4v) is 5.60. The van der Waals surface area contributed by atoms with E-state index in [4.69, 9.17) is 13.3 Å². The summed E-state index contributed by atoms with van der Waals surface area (Å²) in [5.41, 5.74) is 0. The molecule has 0 saturated carbocycles. The van der Waals surface area contributed by atoms with Crippen molar-refractivity contribution >= 4 is 35.6 Å². The van der Waals surface area contributed by atoms with E-state index >= 15 is 0 Å². The first-order valence-electron chi connectivity index (χ1n) is 6.48. The Morgan fingerprint density at radius 3 is 2.16 bits per heavy atom. The van der Waals surface area contributed by atoms with E-state index in [-0.39, 0.29) is 0 Å². The van der Waals surface area contributed by atoms with Crippen LogP contribution >= 0.6 is 21.8 Å². The third-order valence-corrected chi connectivity index (χ3v) is 7.17. The smallest absolute Gasteiger partial charge is 0.374 e. The second-order valence-corrected chi connectivity index (χ2v) is 8.29. The highest BCUT2D eigenvalue weighted by atomic mass is 33.1. The summed E-state index contributed by atoms with van der Waals surface area (Å²) >= 11 is 0. The fraction of sp³-hybridized carbons (Fsp3) is 0.900. The SMILES string of the molecule is CCO[Si](CCCC1=NN=NSS1)(OCC)OCC. The lowest BCUT2D eigenvalue weighted by Gasteiger charge is -2.28. The molecule has 0 aromatic carbocycles. The molecule has 0 fully saturated rings. The first kappa shape index (κ1) is 17.1. The van der Waals surface area contributed by atoms with Crippen molar-refractivity contribution in [3.8, 4) is 0 Å². The summed E-state index contributed by atoms with van der Waals surface area (Å²) in [6.45, 7) is 7.76. The molecule has 0 N–H and O–H groups in total. The predicted octanol–water partition coefficient (Wildman–Crippen LogP) is 3.89. The Hall–Kier alpha value is 0.0669. The molecule has 1 heterocycles. The van der Waals surface area contributed by atoms with Crippen molar-refractivity contribution < 1.29 is 13.3 Å². The molecule has 1 rings (SSSR count). The highest BCUT2D eigenvalue weighted by Crippen LogP contribution is 2.31. The van der Waals surface area contributed by atoms with Crippen LogP contribution in [0.1, 0.15) is 33.6 Å². The van der Waals surface area contributed by atoms with Gasteiger partial charge in [0.1, 0.15) is 5.04 Å². The minimum atomic E-state index is -2.51. The molecule has 1 aliphatic rings. The summed E-state index contributed by atoms with van der Waals surface area (Å²) in [7, 11) is 0.401. The Morgan fingerprint density at radius 1 is 1.05 bits per heavy atom. The van der Waals surface area contributed by atoms with Gasteiger partial charge in [0.15, 0.2) is 0 Å². The highest BCUT2D eigenvalue weighted by Gasteiger charge is 2.39. The van der Waals surface area contributed by atoms with Gasteiger partial charge in [0, 0.05) is 25.9 Å². The topological polar surface area (TPSA) is 64.8 Å². The van der Waals surface area contributed by atoms with Crippen molar-refractivity contribution in [2.75, 3.05) is 19.8 Å². The summed E-state index contributed by atoms with van der Waals surface area (Å²) in [5, 5.41) is 8.65. The van der Waals surface area contributed by atoms with E-state index in [0.29, 0.717) is 19.8 Å². The van der Waals surface area contributed by atoms with E-state index < -0.39 is 8.80 Å². The summed E-state index contributed by atoms with van der Waals surface area (Å²) in [5.74, 6) is 0. The largest absolute Gasteiger partial charge is 0.500 e. The van der Waals surface area contributed by atoms with Gasteiger partial charge in [-0.2, -0.15) is 0 Å². The van der Waals surface area contributed by atoms with Crippen LogP contribution in [0.2, 0.25) is 6.04 Å². The van der Waals surface area contributed by atoms with Crippen LogP contribution in [0.4, 0.5) is 0 Å². The number of hydrogen-bond acceptors (Lipinski definition) is 8. The van der Waals surface area contributed by atoms with Crippen LogP contribution in [0.3, 0.4) is 0 Å². The quantitative estimate of drug-likeness (QED) is 0.347. The van der Waals surface area contributed by atoms with E-state index in [2.05, 4.69) is 14.8 Å². The molecule has 0 bridgehead atoms. The Balaban J connectivity index is 2.46. The van der Waals surface area contributed by atoms with Crippen LogP contribution < -0.4 is 0 Å². The number of nitrogens with zero attached hydrogens (tertiary/aromatic N) is 3. The molecule has 19 heavy (non-hydrogen) atoms. The van der Waals surface area contributed by atoms with Gasteiger partial charge < -0.3 is 13.3 Å². The van der Waals surface area contributed by atoms with Crippen molar-refractivity contribution in [1.82, 2.24) is 0 Å².